The predicted octanol–water partition coefficient (Wildman–Crippen LogP) is 2.40. The van der Waals surface area contributed by atoms with Crippen molar-refractivity contribution in [3.8, 4) is 11.3 Å². The zero-order valence-corrected chi connectivity index (χ0v) is 20.7. The van der Waals surface area contributed by atoms with Crippen LogP contribution in [0.25, 0.3) is 22.4 Å². The van der Waals surface area contributed by atoms with Crippen molar-refractivity contribution < 1.29 is 19.0 Å². The summed E-state index contributed by atoms with van der Waals surface area (Å²) in [5.74, 6) is 0.770. The number of fused-ring (bicyclic) bond motifs is 1. The van der Waals surface area contributed by atoms with E-state index in [1.54, 1.807) is 27.1 Å². The van der Waals surface area contributed by atoms with E-state index in [0.29, 0.717) is 62.2 Å². The minimum Gasteiger partial charge on any atom is -0.444 e. The van der Waals surface area contributed by atoms with Gasteiger partial charge in [-0.15, -0.1) is 0 Å². The van der Waals surface area contributed by atoms with E-state index in [9.17, 15) is 4.79 Å². The minimum absolute atomic E-state index is 0.0388. The fourth-order valence-electron chi connectivity index (χ4n) is 4.26. The van der Waals surface area contributed by atoms with Gasteiger partial charge < -0.3 is 29.4 Å². The van der Waals surface area contributed by atoms with Crippen LogP contribution in [0.15, 0.2) is 12.5 Å². The van der Waals surface area contributed by atoms with Gasteiger partial charge in [0.1, 0.15) is 22.6 Å². The highest BCUT2D eigenvalue weighted by Gasteiger charge is 2.25. The molecule has 3 aromatic rings. The number of nitrogens with zero attached hydrogens (tertiary/aromatic N) is 7. The molecule has 192 valence electrons. The number of morpholine rings is 1. The van der Waals surface area contributed by atoms with Crippen molar-refractivity contribution in [2.75, 3.05) is 55.5 Å². The first-order chi connectivity index (χ1) is 17.3. The maximum atomic E-state index is 12.1. The predicted molar refractivity (Wildman–Crippen MR) is 133 cm³/mol. The van der Waals surface area contributed by atoms with Gasteiger partial charge in [0.15, 0.2) is 5.65 Å². The summed E-state index contributed by atoms with van der Waals surface area (Å²) >= 11 is 0. The normalized spacial score (nSPS) is 17.4. The first-order valence-electron chi connectivity index (χ1n) is 12.1. The van der Waals surface area contributed by atoms with Crippen LogP contribution in [-0.4, -0.2) is 80.7 Å². The molecule has 5 rings (SSSR count). The van der Waals surface area contributed by atoms with Crippen molar-refractivity contribution in [2.24, 2.45) is 0 Å². The zero-order valence-electron chi connectivity index (χ0n) is 20.7. The zero-order chi connectivity index (χ0) is 25.3. The molecular formula is C23H31N9O4. The molecule has 5 heterocycles. The van der Waals surface area contributed by atoms with Crippen LogP contribution in [0.3, 0.4) is 0 Å². The van der Waals surface area contributed by atoms with Gasteiger partial charge in [-0.3, -0.25) is 5.32 Å². The van der Waals surface area contributed by atoms with Crippen molar-refractivity contribution in [3.63, 3.8) is 0 Å². The first-order valence-corrected chi connectivity index (χ1v) is 12.1. The topological polar surface area (TPSA) is 155 Å². The maximum absolute atomic E-state index is 12.1. The molecule has 2 aliphatic rings. The largest absolute Gasteiger partial charge is 0.444 e. The van der Waals surface area contributed by atoms with Gasteiger partial charge in [0, 0.05) is 38.5 Å². The Hall–Kier alpha value is -3.58. The Morgan fingerprint density at radius 1 is 1.08 bits per heavy atom. The molecular weight excluding hydrogens is 466 g/mol. The average Bonchev–Trinajstić information content (AvgIpc) is 3.28. The van der Waals surface area contributed by atoms with Gasteiger partial charge in [-0.2, -0.15) is 9.97 Å². The number of amides is 1. The number of rotatable bonds is 4. The highest BCUT2D eigenvalue weighted by atomic mass is 16.6. The quantitative estimate of drug-likeness (QED) is 0.546. The van der Waals surface area contributed by atoms with E-state index in [1.807, 2.05) is 0 Å². The van der Waals surface area contributed by atoms with Crippen molar-refractivity contribution in [1.82, 2.24) is 29.5 Å². The van der Waals surface area contributed by atoms with Crippen molar-refractivity contribution in [2.45, 2.75) is 45.3 Å². The van der Waals surface area contributed by atoms with Crippen molar-refractivity contribution in [3.05, 3.63) is 12.5 Å². The highest BCUT2D eigenvalue weighted by molar-refractivity contribution is 5.92. The molecule has 0 aliphatic carbocycles. The number of nitrogen functional groups attached to an aromatic ring is 1. The second-order valence-corrected chi connectivity index (χ2v) is 9.76. The van der Waals surface area contributed by atoms with Crippen LogP contribution < -0.4 is 16.0 Å². The van der Waals surface area contributed by atoms with Crippen LogP contribution >= 0.6 is 0 Å². The summed E-state index contributed by atoms with van der Waals surface area (Å²) in [4.78, 5) is 37.2. The molecule has 36 heavy (non-hydrogen) atoms. The molecule has 0 bridgehead atoms. The summed E-state index contributed by atoms with van der Waals surface area (Å²) < 4.78 is 18.4. The third kappa shape index (κ3) is 5.16. The number of carbonyl (C=O) groups is 1. The second-order valence-electron chi connectivity index (χ2n) is 9.76. The summed E-state index contributed by atoms with van der Waals surface area (Å²) in [7, 11) is 0. The molecule has 1 amide bonds. The van der Waals surface area contributed by atoms with E-state index in [-0.39, 0.29) is 17.8 Å². The Labute approximate surface area is 208 Å². The van der Waals surface area contributed by atoms with Crippen molar-refractivity contribution >= 4 is 35.0 Å². The van der Waals surface area contributed by atoms with Gasteiger partial charge in [-0.1, -0.05) is 0 Å². The summed E-state index contributed by atoms with van der Waals surface area (Å²) in [5.41, 5.74) is 8.06. The van der Waals surface area contributed by atoms with Crippen LogP contribution in [-0.2, 0) is 14.2 Å². The van der Waals surface area contributed by atoms with Gasteiger partial charge in [0.05, 0.1) is 25.1 Å². The van der Waals surface area contributed by atoms with E-state index in [2.05, 4.69) is 29.7 Å². The summed E-state index contributed by atoms with van der Waals surface area (Å²) in [6.07, 6.45) is 4.44. The third-order valence-corrected chi connectivity index (χ3v) is 5.97. The molecule has 3 N–H and O–H groups in total. The molecule has 13 heteroatoms. The van der Waals surface area contributed by atoms with E-state index in [4.69, 9.17) is 29.9 Å². The van der Waals surface area contributed by atoms with Crippen molar-refractivity contribution in [1.29, 1.82) is 0 Å². The smallest absolute Gasteiger partial charge is 0.414 e. The van der Waals surface area contributed by atoms with E-state index < -0.39 is 11.7 Å². The number of nitrogens with two attached hydrogens (primary N) is 1. The van der Waals surface area contributed by atoms with Gasteiger partial charge in [-0.05, 0) is 33.6 Å². The number of imidazole rings is 1. The van der Waals surface area contributed by atoms with Crippen LogP contribution in [0.4, 0.5) is 22.5 Å². The molecule has 13 nitrogen and oxygen atoms in total. The number of anilines is 3. The Bertz CT molecular complexity index is 1240. The fourth-order valence-corrected chi connectivity index (χ4v) is 4.26. The molecule has 0 unspecified atom stereocenters. The minimum atomic E-state index is -0.663. The maximum Gasteiger partial charge on any atom is 0.414 e. The van der Waals surface area contributed by atoms with Gasteiger partial charge >= 0.3 is 6.09 Å². The van der Waals surface area contributed by atoms with E-state index in [0.717, 1.165) is 18.5 Å². The Morgan fingerprint density at radius 3 is 2.50 bits per heavy atom. The van der Waals surface area contributed by atoms with Gasteiger partial charge in [0.2, 0.25) is 11.9 Å². The number of carbonyl (C=O) groups excluding carboxylic acids is 1. The molecule has 0 spiro atoms. The van der Waals surface area contributed by atoms with Crippen LogP contribution in [0.2, 0.25) is 0 Å². The number of hydrogen-bond acceptors (Lipinski definition) is 11. The molecule has 2 saturated heterocycles. The standard InChI is InChI=1S/C23H31N9O4/c1-23(2,3)36-22(33)30-20-25-12-15(18(24)28-20)16-17-19(29-21(27-16)31-6-10-35-11-7-31)32(13-26-17)14-4-8-34-9-5-14/h12-14H,4-11H2,1-3H3,(H3,24,25,28,30,33). The fraction of sp³-hybridized carbons (Fsp3) is 0.565. The Kier molecular flexibility index (Phi) is 6.58. The molecule has 2 fully saturated rings. The lowest BCUT2D eigenvalue weighted by Crippen LogP contribution is -2.37. The molecule has 0 atom stereocenters. The molecule has 2 aliphatic heterocycles. The molecule has 0 radical (unpaired) electrons. The SMILES string of the molecule is CC(C)(C)OC(=O)Nc1ncc(-c2nc(N3CCOCC3)nc3c2ncn3C2CCOCC2)c(N)n1. The first kappa shape index (κ1) is 24.1. The van der Waals surface area contributed by atoms with Crippen LogP contribution in [0.1, 0.15) is 39.7 Å². The highest BCUT2D eigenvalue weighted by Crippen LogP contribution is 2.33. The number of hydrogen-bond donors (Lipinski definition) is 2. The monoisotopic (exact) mass is 497 g/mol. The molecule has 0 aromatic carbocycles. The summed E-state index contributed by atoms with van der Waals surface area (Å²) in [6, 6.07) is 0.234. The van der Waals surface area contributed by atoms with E-state index in [1.165, 1.54) is 6.20 Å². The Balaban J connectivity index is 1.54. The van der Waals surface area contributed by atoms with Gasteiger partial charge in [-0.25, -0.2) is 19.7 Å². The summed E-state index contributed by atoms with van der Waals surface area (Å²) in [5, 5.41) is 2.52. The summed E-state index contributed by atoms with van der Waals surface area (Å²) in [6.45, 7) is 9.29. The average molecular weight is 498 g/mol. The third-order valence-electron chi connectivity index (χ3n) is 5.97. The Morgan fingerprint density at radius 2 is 1.81 bits per heavy atom. The van der Waals surface area contributed by atoms with Gasteiger partial charge in [0.25, 0.3) is 0 Å². The number of nitrogens with one attached hydrogen (secondary N) is 1. The lowest BCUT2D eigenvalue weighted by molar-refractivity contribution is 0.0634. The van der Waals surface area contributed by atoms with E-state index >= 15 is 0 Å². The number of aromatic nitrogens is 6. The second kappa shape index (κ2) is 9.82. The van der Waals surface area contributed by atoms with Crippen LogP contribution in [0, 0.1) is 0 Å². The molecule has 0 saturated carbocycles. The van der Waals surface area contributed by atoms with Crippen LogP contribution in [0.5, 0.6) is 0 Å². The lowest BCUT2D eigenvalue weighted by Gasteiger charge is -2.28. The number of ether oxygens (including phenoxy) is 3. The lowest BCUT2D eigenvalue weighted by atomic mass is 10.1. The molecule has 3 aromatic heterocycles.